The summed E-state index contributed by atoms with van der Waals surface area (Å²) in [6.45, 7) is 6.82. The minimum atomic E-state index is 0.0232. The second kappa shape index (κ2) is 6.65. The first kappa shape index (κ1) is 14.7. The third-order valence-corrected chi connectivity index (χ3v) is 4.02. The fourth-order valence-electron chi connectivity index (χ4n) is 2.03. The molecule has 0 unspecified atom stereocenters. The van der Waals surface area contributed by atoms with Crippen LogP contribution < -0.4 is 5.32 Å². The second-order valence-electron chi connectivity index (χ2n) is 4.80. The number of rotatable bonds is 6. The van der Waals surface area contributed by atoms with Crippen molar-refractivity contribution < 1.29 is 4.79 Å². The van der Waals surface area contributed by atoms with Gasteiger partial charge in [-0.2, -0.15) is 5.10 Å². The Morgan fingerprint density at radius 2 is 2.25 bits per heavy atom. The topological polar surface area (TPSA) is 59.8 Å². The van der Waals surface area contributed by atoms with Crippen molar-refractivity contribution in [3.8, 4) is 0 Å². The Balaban J connectivity index is 1.93. The van der Waals surface area contributed by atoms with Crippen molar-refractivity contribution in [3.63, 3.8) is 0 Å². The standard InChI is InChI=1S/C14H20N4OS/c1-4-7-18-13(8-10(2)17-18)16-14(19)6-5-12-11(3)15-9-20-12/h8-9H,4-7H2,1-3H3,(H,16,19). The molecule has 2 rings (SSSR count). The number of anilines is 1. The summed E-state index contributed by atoms with van der Waals surface area (Å²) in [6.07, 6.45) is 2.20. The number of hydrogen-bond acceptors (Lipinski definition) is 4. The van der Waals surface area contributed by atoms with Crippen LogP contribution in [0.5, 0.6) is 0 Å². The zero-order valence-corrected chi connectivity index (χ0v) is 13.0. The van der Waals surface area contributed by atoms with E-state index in [2.05, 4.69) is 22.3 Å². The summed E-state index contributed by atoms with van der Waals surface area (Å²) in [7, 11) is 0. The minimum absolute atomic E-state index is 0.0232. The molecule has 20 heavy (non-hydrogen) atoms. The number of carbonyl (C=O) groups is 1. The highest BCUT2D eigenvalue weighted by Crippen LogP contribution is 2.16. The number of amides is 1. The number of carbonyl (C=O) groups excluding carboxylic acids is 1. The Bertz CT molecular complexity index is 588. The predicted octanol–water partition coefficient (Wildman–Crippen LogP) is 2.94. The Labute approximate surface area is 123 Å². The van der Waals surface area contributed by atoms with Gasteiger partial charge in [-0.25, -0.2) is 9.67 Å². The highest BCUT2D eigenvalue weighted by atomic mass is 32.1. The van der Waals surface area contributed by atoms with E-state index in [1.54, 1.807) is 11.3 Å². The molecule has 2 aromatic rings. The van der Waals surface area contributed by atoms with Crippen LogP contribution in [0.15, 0.2) is 11.6 Å². The van der Waals surface area contributed by atoms with Gasteiger partial charge in [0.25, 0.3) is 0 Å². The molecule has 2 aromatic heterocycles. The first-order chi connectivity index (χ1) is 9.60. The van der Waals surface area contributed by atoms with Crippen molar-refractivity contribution in [2.24, 2.45) is 0 Å². The average Bonchev–Trinajstić information content (AvgIpc) is 2.94. The monoisotopic (exact) mass is 292 g/mol. The summed E-state index contributed by atoms with van der Waals surface area (Å²) >= 11 is 1.60. The summed E-state index contributed by atoms with van der Waals surface area (Å²) in [5.41, 5.74) is 3.77. The van der Waals surface area contributed by atoms with E-state index in [4.69, 9.17) is 0 Å². The van der Waals surface area contributed by atoms with E-state index in [0.29, 0.717) is 6.42 Å². The highest BCUT2D eigenvalue weighted by Gasteiger charge is 2.10. The molecule has 108 valence electrons. The molecule has 0 atom stereocenters. The molecule has 0 aliphatic carbocycles. The third-order valence-electron chi connectivity index (χ3n) is 3.03. The van der Waals surface area contributed by atoms with E-state index in [1.165, 1.54) is 4.88 Å². The van der Waals surface area contributed by atoms with Crippen LogP contribution in [0.3, 0.4) is 0 Å². The van der Waals surface area contributed by atoms with Gasteiger partial charge in [-0.3, -0.25) is 4.79 Å². The van der Waals surface area contributed by atoms with Crippen molar-refractivity contribution >= 4 is 23.1 Å². The largest absolute Gasteiger partial charge is 0.311 e. The quantitative estimate of drug-likeness (QED) is 0.890. The molecule has 0 aromatic carbocycles. The molecular formula is C14H20N4OS. The van der Waals surface area contributed by atoms with E-state index in [-0.39, 0.29) is 5.91 Å². The van der Waals surface area contributed by atoms with E-state index >= 15 is 0 Å². The molecule has 0 aliphatic heterocycles. The molecule has 0 radical (unpaired) electrons. The molecule has 0 bridgehead atoms. The van der Waals surface area contributed by atoms with Crippen LogP contribution in [-0.2, 0) is 17.8 Å². The number of thiazole rings is 1. The maximum Gasteiger partial charge on any atom is 0.225 e. The van der Waals surface area contributed by atoms with Gasteiger partial charge in [-0.1, -0.05) is 6.92 Å². The van der Waals surface area contributed by atoms with Crippen LogP contribution in [0, 0.1) is 13.8 Å². The fraction of sp³-hybridized carbons (Fsp3) is 0.500. The maximum atomic E-state index is 12.0. The van der Waals surface area contributed by atoms with E-state index in [0.717, 1.165) is 36.6 Å². The first-order valence-corrected chi connectivity index (χ1v) is 7.71. The minimum Gasteiger partial charge on any atom is -0.311 e. The summed E-state index contributed by atoms with van der Waals surface area (Å²) in [6, 6.07) is 1.91. The summed E-state index contributed by atoms with van der Waals surface area (Å²) in [4.78, 5) is 17.4. The van der Waals surface area contributed by atoms with Gasteiger partial charge >= 0.3 is 0 Å². The number of hydrogen-bond donors (Lipinski definition) is 1. The summed E-state index contributed by atoms with van der Waals surface area (Å²) in [5.74, 6) is 0.811. The van der Waals surface area contributed by atoms with Crippen molar-refractivity contribution in [1.29, 1.82) is 0 Å². The average molecular weight is 292 g/mol. The summed E-state index contributed by atoms with van der Waals surface area (Å²) < 4.78 is 1.85. The molecule has 5 nitrogen and oxygen atoms in total. The molecule has 6 heteroatoms. The van der Waals surface area contributed by atoms with Gasteiger partial charge in [0.15, 0.2) is 0 Å². The van der Waals surface area contributed by atoms with E-state index in [9.17, 15) is 4.79 Å². The smallest absolute Gasteiger partial charge is 0.225 e. The zero-order chi connectivity index (χ0) is 14.5. The number of aryl methyl sites for hydroxylation is 4. The lowest BCUT2D eigenvalue weighted by Crippen LogP contribution is -2.16. The molecule has 0 saturated carbocycles. The van der Waals surface area contributed by atoms with Gasteiger partial charge in [0, 0.05) is 23.9 Å². The van der Waals surface area contributed by atoms with Gasteiger partial charge < -0.3 is 5.32 Å². The number of aromatic nitrogens is 3. The highest BCUT2D eigenvalue weighted by molar-refractivity contribution is 7.09. The fourth-order valence-corrected chi connectivity index (χ4v) is 2.81. The molecule has 0 saturated heterocycles. The number of nitrogens with zero attached hydrogens (tertiary/aromatic N) is 3. The molecule has 2 heterocycles. The molecule has 0 fully saturated rings. The van der Waals surface area contributed by atoms with Gasteiger partial charge in [0.1, 0.15) is 5.82 Å². The van der Waals surface area contributed by atoms with Crippen LogP contribution in [0.1, 0.15) is 36.0 Å². The van der Waals surface area contributed by atoms with Gasteiger partial charge in [0.2, 0.25) is 5.91 Å². The van der Waals surface area contributed by atoms with E-state index in [1.807, 2.05) is 30.1 Å². The molecule has 1 N–H and O–H groups in total. The lowest BCUT2D eigenvalue weighted by atomic mass is 10.2. The lowest BCUT2D eigenvalue weighted by Gasteiger charge is -2.07. The SMILES string of the molecule is CCCn1nc(C)cc1NC(=O)CCc1scnc1C. The maximum absolute atomic E-state index is 12.0. The lowest BCUT2D eigenvalue weighted by molar-refractivity contribution is -0.116. The van der Waals surface area contributed by atoms with E-state index < -0.39 is 0 Å². The molecule has 0 spiro atoms. The Morgan fingerprint density at radius 3 is 2.90 bits per heavy atom. The predicted molar refractivity (Wildman–Crippen MR) is 81.1 cm³/mol. The van der Waals surface area contributed by atoms with Crippen LogP contribution in [0.4, 0.5) is 5.82 Å². The van der Waals surface area contributed by atoms with Gasteiger partial charge in [-0.15, -0.1) is 11.3 Å². The van der Waals surface area contributed by atoms with Crippen molar-refractivity contribution in [2.45, 2.75) is 46.6 Å². The van der Waals surface area contributed by atoms with Crippen LogP contribution in [0.2, 0.25) is 0 Å². The molecular weight excluding hydrogens is 272 g/mol. The first-order valence-electron chi connectivity index (χ1n) is 6.83. The van der Waals surface area contributed by atoms with Crippen LogP contribution in [-0.4, -0.2) is 20.7 Å². The van der Waals surface area contributed by atoms with Crippen molar-refractivity contribution in [2.75, 3.05) is 5.32 Å². The second-order valence-corrected chi connectivity index (χ2v) is 5.74. The van der Waals surface area contributed by atoms with Crippen LogP contribution >= 0.6 is 11.3 Å². The number of nitrogens with one attached hydrogen (secondary N) is 1. The van der Waals surface area contributed by atoms with Crippen LogP contribution in [0.25, 0.3) is 0 Å². The molecule has 1 amide bonds. The Hall–Kier alpha value is -1.69. The Morgan fingerprint density at radius 1 is 1.45 bits per heavy atom. The zero-order valence-electron chi connectivity index (χ0n) is 12.1. The third kappa shape index (κ3) is 3.66. The summed E-state index contributed by atoms with van der Waals surface area (Å²) in [5, 5.41) is 7.32. The van der Waals surface area contributed by atoms with Crippen molar-refractivity contribution in [1.82, 2.24) is 14.8 Å². The van der Waals surface area contributed by atoms with Gasteiger partial charge in [0.05, 0.1) is 16.9 Å². The molecule has 0 aliphatic rings. The normalized spacial score (nSPS) is 10.8. The van der Waals surface area contributed by atoms with Gasteiger partial charge in [-0.05, 0) is 26.7 Å². The Kier molecular flexibility index (Phi) is 4.89. The van der Waals surface area contributed by atoms with Crippen molar-refractivity contribution in [3.05, 3.63) is 27.8 Å².